The number of carbonyl (C=O) groups excluding carboxylic acids is 1. The van der Waals surface area contributed by atoms with Gasteiger partial charge in [0.2, 0.25) is 5.91 Å². The molecule has 0 aliphatic rings. The Labute approximate surface area is 97.6 Å². The first kappa shape index (κ1) is 14.8. The van der Waals surface area contributed by atoms with Crippen molar-refractivity contribution in [3.8, 4) is 0 Å². The highest BCUT2D eigenvalue weighted by molar-refractivity contribution is 7.98. The van der Waals surface area contributed by atoms with Crippen LogP contribution in [0.3, 0.4) is 0 Å². The van der Waals surface area contributed by atoms with Gasteiger partial charge >= 0.3 is 0 Å². The van der Waals surface area contributed by atoms with Gasteiger partial charge in [-0.15, -0.1) is 0 Å². The van der Waals surface area contributed by atoms with E-state index in [2.05, 4.69) is 19.2 Å². The fourth-order valence-corrected chi connectivity index (χ4v) is 1.91. The Bertz CT molecular complexity index is 193. The Balaban J connectivity index is 3.98. The minimum atomic E-state index is -0.241. The van der Waals surface area contributed by atoms with Crippen LogP contribution in [0.5, 0.6) is 0 Å². The minimum Gasteiger partial charge on any atom is -0.354 e. The lowest BCUT2D eigenvalue weighted by Crippen LogP contribution is -2.50. The van der Waals surface area contributed by atoms with Gasteiger partial charge in [-0.1, -0.05) is 20.8 Å². The molecular weight excluding hydrogens is 208 g/mol. The van der Waals surface area contributed by atoms with Crippen molar-refractivity contribution in [3.05, 3.63) is 0 Å². The van der Waals surface area contributed by atoms with E-state index in [1.54, 1.807) is 11.8 Å². The Hall–Kier alpha value is -0.220. The lowest BCUT2D eigenvalue weighted by Gasteiger charge is -2.27. The van der Waals surface area contributed by atoms with Gasteiger partial charge in [0.1, 0.15) is 0 Å². The highest BCUT2D eigenvalue weighted by Gasteiger charge is 2.22. The van der Waals surface area contributed by atoms with Gasteiger partial charge in [-0.05, 0) is 19.1 Å². The number of rotatable bonds is 7. The number of hydrogen-bond acceptors (Lipinski definition) is 3. The van der Waals surface area contributed by atoms with E-state index < -0.39 is 0 Å². The molecule has 15 heavy (non-hydrogen) atoms. The average molecular weight is 232 g/mol. The van der Waals surface area contributed by atoms with E-state index in [4.69, 9.17) is 5.73 Å². The lowest BCUT2D eigenvalue weighted by atomic mass is 9.94. The second-order valence-corrected chi connectivity index (χ2v) is 5.05. The fraction of sp³-hybridized carbons (Fsp3) is 0.909. The zero-order valence-corrected chi connectivity index (χ0v) is 11.1. The van der Waals surface area contributed by atoms with Crippen molar-refractivity contribution in [2.75, 3.05) is 18.6 Å². The molecule has 1 amide bonds. The van der Waals surface area contributed by atoms with E-state index in [0.29, 0.717) is 6.54 Å². The lowest BCUT2D eigenvalue weighted by molar-refractivity contribution is -0.124. The number of thioether (sulfide) groups is 1. The standard InChI is InChI=1S/C11H24N2OS/c1-5-11(12,6-2)8-13-10(14)9(3)7-15-4/h9H,5-8,12H2,1-4H3,(H,13,14). The normalized spacial score (nSPS) is 13.7. The second-order valence-electron chi connectivity index (χ2n) is 4.14. The van der Waals surface area contributed by atoms with Crippen LogP contribution in [-0.2, 0) is 4.79 Å². The second kappa shape index (κ2) is 7.12. The highest BCUT2D eigenvalue weighted by Crippen LogP contribution is 2.10. The zero-order chi connectivity index (χ0) is 11.9. The Morgan fingerprint density at radius 3 is 2.40 bits per heavy atom. The molecule has 0 spiro atoms. The maximum Gasteiger partial charge on any atom is 0.223 e. The van der Waals surface area contributed by atoms with Crippen molar-refractivity contribution in [2.45, 2.75) is 39.2 Å². The fourth-order valence-electron chi connectivity index (χ4n) is 1.26. The molecule has 90 valence electrons. The molecule has 0 aromatic carbocycles. The molecule has 1 unspecified atom stereocenters. The predicted molar refractivity (Wildman–Crippen MR) is 68.1 cm³/mol. The predicted octanol–water partition coefficient (Wildman–Crippen LogP) is 1.62. The Kier molecular flexibility index (Phi) is 7.02. The summed E-state index contributed by atoms with van der Waals surface area (Å²) in [5, 5.41) is 2.93. The smallest absolute Gasteiger partial charge is 0.223 e. The maximum atomic E-state index is 11.6. The molecule has 0 aromatic rings. The summed E-state index contributed by atoms with van der Waals surface area (Å²) < 4.78 is 0. The molecule has 3 nitrogen and oxygen atoms in total. The molecule has 4 heteroatoms. The van der Waals surface area contributed by atoms with Crippen molar-refractivity contribution in [3.63, 3.8) is 0 Å². The van der Waals surface area contributed by atoms with E-state index in [1.165, 1.54) is 0 Å². The Morgan fingerprint density at radius 1 is 1.47 bits per heavy atom. The van der Waals surface area contributed by atoms with Crippen molar-refractivity contribution >= 4 is 17.7 Å². The van der Waals surface area contributed by atoms with Gasteiger partial charge in [-0.25, -0.2) is 0 Å². The molecular formula is C11H24N2OS. The molecule has 0 heterocycles. The van der Waals surface area contributed by atoms with Crippen LogP contribution in [0, 0.1) is 5.92 Å². The molecule has 0 aliphatic carbocycles. The van der Waals surface area contributed by atoms with E-state index in [0.717, 1.165) is 18.6 Å². The molecule has 0 saturated carbocycles. The largest absolute Gasteiger partial charge is 0.354 e. The van der Waals surface area contributed by atoms with Crippen LogP contribution in [0.2, 0.25) is 0 Å². The summed E-state index contributed by atoms with van der Waals surface area (Å²) in [5.74, 6) is 1.04. The first-order chi connectivity index (χ1) is 6.99. The molecule has 0 fully saturated rings. The molecule has 0 aromatic heterocycles. The number of carbonyl (C=O) groups is 1. The first-order valence-electron chi connectivity index (χ1n) is 5.54. The molecule has 0 radical (unpaired) electrons. The van der Waals surface area contributed by atoms with Gasteiger partial charge in [0.15, 0.2) is 0 Å². The summed E-state index contributed by atoms with van der Waals surface area (Å²) >= 11 is 1.69. The van der Waals surface area contributed by atoms with E-state index in [9.17, 15) is 4.79 Å². The third-order valence-electron chi connectivity index (χ3n) is 2.89. The van der Waals surface area contributed by atoms with E-state index in [-0.39, 0.29) is 17.4 Å². The van der Waals surface area contributed by atoms with Crippen LogP contribution in [0.15, 0.2) is 0 Å². The molecule has 0 saturated heterocycles. The number of nitrogens with two attached hydrogens (primary N) is 1. The highest BCUT2D eigenvalue weighted by atomic mass is 32.2. The minimum absolute atomic E-state index is 0.0676. The summed E-state index contributed by atoms with van der Waals surface area (Å²) in [6.45, 7) is 6.64. The average Bonchev–Trinajstić information content (AvgIpc) is 2.25. The summed E-state index contributed by atoms with van der Waals surface area (Å²) in [4.78, 5) is 11.6. The van der Waals surface area contributed by atoms with Gasteiger partial charge in [0, 0.05) is 23.8 Å². The van der Waals surface area contributed by atoms with Gasteiger partial charge in [0.05, 0.1) is 0 Å². The van der Waals surface area contributed by atoms with Crippen molar-refractivity contribution in [1.29, 1.82) is 0 Å². The summed E-state index contributed by atoms with van der Waals surface area (Å²) in [6, 6.07) is 0. The van der Waals surface area contributed by atoms with E-state index >= 15 is 0 Å². The van der Waals surface area contributed by atoms with Crippen LogP contribution in [-0.4, -0.2) is 30.0 Å². The van der Waals surface area contributed by atoms with Crippen molar-refractivity contribution in [1.82, 2.24) is 5.32 Å². The van der Waals surface area contributed by atoms with Gasteiger partial charge < -0.3 is 11.1 Å². The molecule has 3 N–H and O–H groups in total. The van der Waals surface area contributed by atoms with Crippen LogP contribution in [0.1, 0.15) is 33.6 Å². The third kappa shape index (κ3) is 5.42. The molecule has 0 bridgehead atoms. The summed E-state index contributed by atoms with van der Waals surface area (Å²) in [5.41, 5.74) is 5.86. The monoisotopic (exact) mass is 232 g/mol. The third-order valence-corrected chi connectivity index (χ3v) is 3.72. The number of hydrogen-bond donors (Lipinski definition) is 2. The summed E-state index contributed by atoms with van der Waals surface area (Å²) in [7, 11) is 0. The molecule has 1 atom stereocenters. The quantitative estimate of drug-likeness (QED) is 0.701. The van der Waals surface area contributed by atoms with Crippen LogP contribution >= 0.6 is 11.8 Å². The Morgan fingerprint density at radius 2 is 2.00 bits per heavy atom. The molecule has 0 rings (SSSR count). The zero-order valence-electron chi connectivity index (χ0n) is 10.3. The van der Waals surface area contributed by atoms with E-state index in [1.807, 2.05) is 13.2 Å². The topological polar surface area (TPSA) is 55.1 Å². The molecule has 0 aliphatic heterocycles. The first-order valence-corrected chi connectivity index (χ1v) is 6.94. The van der Waals surface area contributed by atoms with Gasteiger partial charge in [0.25, 0.3) is 0 Å². The van der Waals surface area contributed by atoms with Gasteiger partial charge in [-0.2, -0.15) is 11.8 Å². The van der Waals surface area contributed by atoms with Crippen LogP contribution in [0.25, 0.3) is 0 Å². The number of nitrogens with one attached hydrogen (secondary N) is 1. The van der Waals surface area contributed by atoms with Gasteiger partial charge in [-0.3, -0.25) is 4.79 Å². The van der Waals surface area contributed by atoms with Crippen molar-refractivity contribution < 1.29 is 4.79 Å². The van der Waals surface area contributed by atoms with Crippen LogP contribution < -0.4 is 11.1 Å². The maximum absolute atomic E-state index is 11.6. The van der Waals surface area contributed by atoms with Crippen molar-refractivity contribution in [2.24, 2.45) is 11.7 Å². The SMILES string of the molecule is CCC(N)(CC)CNC(=O)C(C)CSC. The van der Waals surface area contributed by atoms with Crippen LogP contribution in [0.4, 0.5) is 0 Å². The summed E-state index contributed by atoms with van der Waals surface area (Å²) in [6.07, 6.45) is 3.79. The number of amides is 1.